The van der Waals surface area contributed by atoms with Gasteiger partial charge in [-0.3, -0.25) is 19.4 Å². The highest BCUT2D eigenvalue weighted by Crippen LogP contribution is 2.21. The molecule has 1 aromatic rings. The van der Waals surface area contributed by atoms with E-state index in [2.05, 4.69) is 29.0 Å². The number of piperidine rings is 1. The molecule has 3 rings (SSSR count). The van der Waals surface area contributed by atoms with Crippen molar-refractivity contribution in [2.75, 3.05) is 57.7 Å². The van der Waals surface area contributed by atoms with Gasteiger partial charge >= 0.3 is 0 Å². The first-order valence-corrected chi connectivity index (χ1v) is 10.2. The normalized spacial score (nSPS) is 24.2. The van der Waals surface area contributed by atoms with E-state index in [0.717, 1.165) is 39.3 Å². The third-order valence-corrected chi connectivity index (χ3v) is 5.54. The van der Waals surface area contributed by atoms with Crippen LogP contribution < -0.4 is 5.32 Å². The summed E-state index contributed by atoms with van der Waals surface area (Å²) in [5.74, 6) is 0.943. The van der Waals surface area contributed by atoms with E-state index in [1.54, 1.807) is 12.1 Å². The molecule has 2 aliphatic rings. The Hall–Kier alpha value is -1.99. The molecule has 0 unspecified atom stereocenters. The molecule has 2 fully saturated rings. The van der Waals surface area contributed by atoms with Crippen LogP contribution in [-0.4, -0.2) is 78.9 Å². The van der Waals surface area contributed by atoms with Crippen LogP contribution in [0.15, 0.2) is 24.3 Å². The molecule has 2 saturated heterocycles. The summed E-state index contributed by atoms with van der Waals surface area (Å²) < 4.78 is 12.9. The highest BCUT2D eigenvalue weighted by Gasteiger charge is 2.27. The van der Waals surface area contributed by atoms with Gasteiger partial charge in [-0.1, -0.05) is 13.8 Å². The Morgan fingerprint density at radius 1 is 0.964 bits per heavy atom. The second-order valence-corrected chi connectivity index (χ2v) is 8.35. The predicted octanol–water partition coefficient (Wildman–Crippen LogP) is 1.89. The lowest BCUT2D eigenvalue weighted by Crippen LogP contribution is -2.52. The van der Waals surface area contributed by atoms with Gasteiger partial charge in [-0.2, -0.15) is 0 Å². The van der Waals surface area contributed by atoms with Crippen LogP contribution in [0.3, 0.4) is 0 Å². The molecule has 0 aromatic heterocycles. The van der Waals surface area contributed by atoms with Crippen molar-refractivity contribution in [1.29, 1.82) is 0 Å². The van der Waals surface area contributed by atoms with E-state index in [4.69, 9.17) is 0 Å². The van der Waals surface area contributed by atoms with E-state index in [1.165, 1.54) is 18.6 Å². The molecular formula is C21H31FN4O2. The number of carbonyl (C=O) groups excluding carboxylic acids is 2. The summed E-state index contributed by atoms with van der Waals surface area (Å²) in [6.45, 7) is 10.0. The highest BCUT2D eigenvalue weighted by molar-refractivity contribution is 5.92. The van der Waals surface area contributed by atoms with Crippen LogP contribution >= 0.6 is 0 Å². The zero-order chi connectivity index (χ0) is 20.1. The van der Waals surface area contributed by atoms with Crippen molar-refractivity contribution in [2.45, 2.75) is 20.3 Å². The summed E-state index contributed by atoms with van der Waals surface area (Å²) in [7, 11) is 0. The fourth-order valence-corrected chi connectivity index (χ4v) is 4.20. The zero-order valence-electron chi connectivity index (χ0n) is 16.9. The lowest BCUT2D eigenvalue weighted by Gasteiger charge is -2.38. The first-order chi connectivity index (χ1) is 13.4. The maximum atomic E-state index is 12.9. The summed E-state index contributed by atoms with van der Waals surface area (Å²) in [6, 6.07) is 5.77. The first kappa shape index (κ1) is 20.7. The molecule has 154 valence electrons. The Kier molecular flexibility index (Phi) is 7.02. The van der Waals surface area contributed by atoms with Crippen molar-refractivity contribution in [3.8, 4) is 0 Å². The van der Waals surface area contributed by atoms with E-state index in [-0.39, 0.29) is 17.6 Å². The number of hydrogen-bond donors (Lipinski definition) is 1. The van der Waals surface area contributed by atoms with E-state index >= 15 is 0 Å². The molecule has 2 atom stereocenters. The molecule has 1 aromatic carbocycles. The van der Waals surface area contributed by atoms with Crippen molar-refractivity contribution >= 4 is 17.5 Å². The third-order valence-electron chi connectivity index (χ3n) is 5.54. The Labute approximate surface area is 166 Å². The van der Waals surface area contributed by atoms with Crippen LogP contribution in [0.5, 0.6) is 0 Å². The number of hydrogen-bond acceptors (Lipinski definition) is 4. The van der Waals surface area contributed by atoms with Crippen LogP contribution in [0.25, 0.3) is 0 Å². The van der Waals surface area contributed by atoms with Crippen LogP contribution in [0.1, 0.15) is 20.3 Å². The number of likely N-dealkylation sites (tertiary alicyclic amines) is 1. The number of nitrogens with zero attached hydrogens (tertiary/aromatic N) is 3. The second-order valence-electron chi connectivity index (χ2n) is 8.35. The number of rotatable bonds is 5. The van der Waals surface area contributed by atoms with Crippen LogP contribution in [0.4, 0.5) is 10.1 Å². The Morgan fingerprint density at radius 2 is 1.50 bits per heavy atom. The number of nitrogens with one attached hydrogen (secondary N) is 1. The van der Waals surface area contributed by atoms with Gasteiger partial charge < -0.3 is 10.2 Å². The Bertz CT molecular complexity index is 663. The molecule has 0 bridgehead atoms. The smallest absolute Gasteiger partial charge is 0.238 e. The average Bonchev–Trinajstić information content (AvgIpc) is 2.64. The van der Waals surface area contributed by atoms with Crippen molar-refractivity contribution in [3.63, 3.8) is 0 Å². The number of piperazine rings is 1. The zero-order valence-corrected chi connectivity index (χ0v) is 16.9. The fourth-order valence-electron chi connectivity index (χ4n) is 4.20. The standard InChI is InChI=1S/C21H31FN4O2/c1-16-11-17(2)13-26(12-16)21(28)15-25-9-7-24(8-10-25)14-20(27)23-19-5-3-18(22)4-6-19/h3-6,16-17H,7-15H2,1-2H3,(H,23,27)/t16-,17+. The van der Waals surface area contributed by atoms with Gasteiger partial charge in [0, 0.05) is 45.0 Å². The Morgan fingerprint density at radius 3 is 2.07 bits per heavy atom. The van der Waals surface area contributed by atoms with Gasteiger partial charge in [0.15, 0.2) is 0 Å². The van der Waals surface area contributed by atoms with Crippen molar-refractivity contribution < 1.29 is 14.0 Å². The van der Waals surface area contributed by atoms with E-state index in [1.807, 2.05) is 4.90 Å². The lowest BCUT2D eigenvalue weighted by atomic mass is 9.92. The van der Waals surface area contributed by atoms with Gasteiger partial charge in [-0.25, -0.2) is 4.39 Å². The minimum absolute atomic E-state index is 0.104. The van der Waals surface area contributed by atoms with Gasteiger partial charge in [0.1, 0.15) is 5.82 Å². The monoisotopic (exact) mass is 390 g/mol. The lowest BCUT2D eigenvalue weighted by molar-refractivity contribution is -0.135. The number of benzene rings is 1. The molecule has 1 N–H and O–H groups in total. The van der Waals surface area contributed by atoms with Gasteiger partial charge in [0.05, 0.1) is 13.1 Å². The largest absolute Gasteiger partial charge is 0.341 e. The van der Waals surface area contributed by atoms with Gasteiger partial charge in [-0.15, -0.1) is 0 Å². The molecule has 28 heavy (non-hydrogen) atoms. The van der Waals surface area contributed by atoms with Crippen LogP contribution in [0, 0.1) is 17.7 Å². The minimum atomic E-state index is -0.322. The fraction of sp³-hybridized carbons (Fsp3) is 0.619. The van der Waals surface area contributed by atoms with Gasteiger partial charge in [0.25, 0.3) is 0 Å². The second kappa shape index (κ2) is 9.47. The number of amides is 2. The summed E-state index contributed by atoms with van der Waals surface area (Å²) in [5.41, 5.74) is 0.598. The molecule has 0 aliphatic carbocycles. The first-order valence-electron chi connectivity index (χ1n) is 10.2. The molecule has 0 saturated carbocycles. The SMILES string of the molecule is C[C@@H]1C[C@H](C)CN(C(=O)CN2CCN(CC(=O)Nc3ccc(F)cc3)CC2)C1. The maximum absolute atomic E-state index is 12.9. The molecule has 2 aliphatic heterocycles. The predicted molar refractivity (Wildman–Crippen MR) is 107 cm³/mol. The summed E-state index contributed by atoms with van der Waals surface area (Å²) in [5, 5.41) is 2.79. The molecule has 2 amide bonds. The molecule has 0 spiro atoms. The van der Waals surface area contributed by atoms with E-state index in [0.29, 0.717) is 30.6 Å². The molecule has 2 heterocycles. The van der Waals surface area contributed by atoms with Gasteiger partial charge in [-0.05, 0) is 42.5 Å². The van der Waals surface area contributed by atoms with Crippen LogP contribution in [-0.2, 0) is 9.59 Å². The molecule has 7 heteroatoms. The van der Waals surface area contributed by atoms with Crippen molar-refractivity contribution in [2.24, 2.45) is 11.8 Å². The summed E-state index contributed by atoms with van der Waals surface area (Å²) >= 11 is 0. The number of anilines is 1. The summed E-state index contributed by atoms with van der Waals surface area (Å²) in [4.78, 5) is 31.1. The molecule has 6 nitrogen and oxygen atoms in total. The van der Waals surface area contributed by atoms with Crippen molar-refractivity contribution in [3.05, 3.63) is 30.1 Å². The third kappa shape index (κ3) is 6.01. The topological polar surface area (TPSA) is 55.9 Å². The minimum Gasteiger partial charge on any atom is -0.341 e. The van der Waals surface area contributed by atoms with Gasteiger partial charge in [0.2, 0.25) is 11.8 Å². The summed E-state index contributed by atoms with van der Waals surface area (Å²) in [6.07, 6.45) is 1.20. The highest BCUT2D eigenvalue weighted by atomic mass is 19.1. The maximum Gasteiger partial charge on any atom is 0.238 e. The number of halogens is 1. The van der Waals surface area contributed by atoms with Crippen LogP contribution in [0.2, 0.25) is 0 Å². The van der Waals surface area contributed by atoms with Crippen molar-refractivity contribution in [1.82, 2.24) is 14.7 Å². The van der Waals surface area contributed by atoms with E-state index in [9.17, 15) is 14.0 Å². The quantitative estimate of drug-likeness (QED) is 0.834. The molecule has 0 radical (unpaired) electrons. The molecular weight excluding hydrogens is 359 g/mol. The van der Waals surface area contributed by atoms with E-state index < -0.39 is 0 Å². The number of carbonyl (C=O) groups is 2. The Balaban J connectivity index is 1.38. The average molecular weight is 391 g/mol.